The maximum atomic E-state index is 12.8. The summed E-state index contributed by atoms with van der Waals surface area (Å²) >= 11 is 0. The molecule has 2 aliphatic heterocycles. The van der Waals surface area contributed by atoms with Crippen LogP contribution in [-0.4, -0.2) is 55.0 Å². The van der Waals surface area contributed by atoms with E-state index in [9.17, 15) is 4.79 Å². The van der Waals surface area contributed by atoms with E-state index in [0.29, 0.717) is 12.0 Å². The van der Waals surface area contributed by atoms with Crippen molar-refractivity contribution in [2.45, 2.75) is 45.2 Å². The van der Waals surface area contributed by atoms with E-state index < -0.39 is 0 Å². The highest BCUT2D eigenvalue weighted by Crippen LogP contribution is 2.43. The Morgan fingerprint density at radius 1 is 1.25 bits per heavy atom. The minimum absolute atomic E-state index is 0.0528. The number of rotatable bonds is 5. The van der Waals surface area contributed by atoms with E-state index in [-0.39, 0.29) is 11.9 Å². The number of nitrogens with zero attached hydrogens (tertiary/aromatic N) is 2. The van der Waals surface area contributed by atoms with Gasteiger partial charge in [0.2, 0.25) is 5.91 Å². The predicted octanol–water partition coefficient (Wildman–Crippen LogP) is 2.50. The van der Waals surface area contributed by atoms with Gasteiger partial charge < -0.3 is 10.2 Å². The molecule has 1 spiro atoms. The molecule has 1 aromatic carbocycles. The fraction of sp³-hybridized carbons (Fsp3) is 0.650. The van der Waals surface area contributed by atoms with Crippen LogP contribution in [0.2, 0.25) is 0 Å². The van der Waals surface area contributed by atoms with E-state index in [0.717, 1.165) is 39.0 Å². The highest BCUT2D eigenvalue weighted by molar-refractivity contribution is 5.82. The standard InChI is InChI=1S/C20H31N3O/c1-3-11-23-16-20(9-12-22(2)13-10-20)14-18(23)19(24)21-15-17-7-5-4-6-8-17/h4-8,18H,3,9-16H2,1-2H3,(H,21,24). The van der Waals surface area contributed by atoms with Crippen LogP contribution in [0.4, 0.5) is 0 Å². The second-order valence-electron chi connectivity index (χ2n) is 7.70. The number of carbonyl (C=O) groups is 1. The molecule has 1 atom stereocenters. The number of benzene rings is 1. The number of hydrogen-bond acceptors (Lipinski definition) is 3. The smallest absolute Gasteiger partial charge is 0.237 e. The molecule has 0 bridgehead atoms. The van der Waals surface area contributed by atoms with Gasteiger partial charge in [-0.15, -0.1) is 0 Å². The number of hydrogen-bond donors (Lipinski definition) is 1. The van der Waals surface area contributed by atoms with Gasteiger partial charge in [-0.25, -0.2) is 0 Å². The van der Waals surface area contributed by atoms with Crippen molar-refractivity contribution in [3.05, 3.63) is 35.9 Å². The number of carbonyl (C=O) groups excluding carboxylic acids is 1. The molecule has 2 fully saturated rings. The van der Waals surface area contributed by atoms with Gasteiger partial charge in [-0.1, -0.05) is 37.3 Å². The maximum absolute atomic E-state index is 12.8. The van der Waals surface area contributed by atoms with E-state index in [1.807, 2.05) is 18.2 Å². The Kier molecular flexibility index (Phi) is 5.57. The summed E-state index contributed by atoms with van der Waals surface area (Å²) in [6.45, 7) is 7.29. The molecule has 4 heteroatoms. The van der Waals surface area contributed by atoms with Crippen molar-refractivity contribution >= 4 is 5.91 Å². The molecule has 2 aliphatic rings. The van der Waals surface area contributed by atoms with E-state index in [2.05, 4.69) is 41.2 Å². The molecule has 0 aromatic heterocycles. The Morgan fingerprint density at radius 2 is 1.96 bits per heavy atom. The Morgan fingerprint density at radius 3 is 2.62 bits per heavy atom. The van der Waals surface area contributed by atoms with Crippen molar-refractivity contribution in [2.24, 2.45) is 5.41 Å². The lowest BCUT2D eigenvalue weighted by Gasteiger charge is -2.37. The molecule has 0 aliphatic carbocycles. The molecule has 0 radical (unpaired) electrons. The highest BCUT2D eigenvalue weighted by atomic mass is 16.2. The van der Waals surface area contributed by atoms with Crippen LogP contribution in [0, 0.1) is 5.41 Å². The number of piperidine rings is 1. The first-order valence-electron chi connectivity index (χ1n) is 9.36. The van der Waals surface area contributed by atoms with Crippen molar-refractivity contribution in [1.82, 2.24) is 15.1 Å². The maximum Gasteiger partial charge on any atom is 0.237 e. The van der Waals surface area contributed by atoms with Crippen LogP contribution in [0.1, 0.15) is 38.2 Å². The largest absolute Gasteiger partial charge is 0.351 e. The summed E-state index contributed by atoms with van der Waals surface area (Å²) in [5.74, 6) is 0.211. The van der Waals surface area contributed by atoms with Gasteiger partial charge in [0.25, 0.3) is 0 Å². The average Bonchev–Trinajstić information content (AvgIpc) is 2.95. The van der Waals surface area contributed by atoms with Crippen molar-refractivity contribution in [2.75, 3.05) is 33.2 Å². The van der Waals surface area contributed by atoms with E-state index in [4.69, 9.17) is 0 Å². The number of amides is 1. The summed E-state index contributed by atoms with van der Waals surface area (Å²) < 4.78 is 0. The van der Waals surface area contributed by atoms with Gasteiger partial charge in [-0.3, -0.25) is 9.69 Å². The summed E-state index contributed by atoms with van der Waals surface area (Å²) in [6.07, 6.45) is 4.60. The second-order valence-corrected chi connectivity index (χ2v) is 7.70. The zero-order valence-corrected chi connectivity index (χ0v) is 15.1. The average molecular weight is 329 g/mol. The fourth-order valence-corrected chi connectivity index (χ4v) is 4.28. The second kappa shape index (κ2) is 7.66. The molecule has 3 rings (SSSR count). The lowest BCUT2D eigenvalue weighted by molar-refractivity contribution is -0.125. The van der Waals surface area contributed by atoms with Crippen LogP contribution in [0.3, 0.4) is 0 Å². The van der Waals surface area contributed by atoms with Gasteiger partial charge in [-0.2, -0.15) is 0 Å². The first-order valence-corrected chi connectivity index (χ1v) is 9.36. The zero-order valence-electron chi connectivity index (χ0n) is 15.1. The van der Waals surface area contributed by atoms with Crippen molar-refractivity contribution in [3.8, 4) is 0 Å². The molecule has 1 amide bonds. The molecular weight excluding hydrogens is 298 g/mol. The molecule has 132 valence electrons. The summed E-state index contributed by atoms with van der Waals surface area (Å²) in [7, 11) is 2.20. The van der Waals surface area contributed by atoms with Gasteiger partial charge >= 0.3 is 0 Å². The lowest BCUT2D eigenvalue weighted by atomic mass is 9.76. The predicted molar refractivity (Wildman–Crippen MR) is 97.7 cm³/mol. The van der Waals surface area contributed by atoms with Crippen LogP contribution in [0.25, 0.3) is 0 Å². The fourth-order valence-electron chi connectivity index (χ4n) is 4.28. The van der Waals surface area contributed by atoms with E-state index >= 15 is 0 Å². The Bertz CT molecular complexity index is 537. The summed E-state index contributed by atoms with van der Waals surface area (Å²) in [6, 6.07) is 10.2. The van der Waals surface area contributed by atoms with Gasteiger partial charge in [0.1, 0.15) is 0 Å². The molecule has 2 saturated heterocycles. The van der Waals surface area contributed by atoms with Crippen molar-refractivity contribution < 1.29 is 4.79 Å². The number of nitrogens with one attached hydrogen (secondary N) is 1. The molecule has 4 nitrogen and oxygen atoms in total. The quantitative estimate of drug-likeness (QED) is 0.901. The van der Waals surface area contributed by atoms with Gasteiger partial charge in [0, 0.05) is 13.1 Å². The van der Waals surface area contributed by atoms with Crippen molar-refractivity contribution in [1.29, 1.82) is 0 Å². The molecule has 1 N–H and O–H groups in total. The van der Waals surface area contributed by atoms with E-state index in [1.54, 1.807) is 0 Å². The molecule has 0 saturated carbocycles. The first kappa shape index (κ1) is 17.4. The van der Waals surface area contributed by atoms with Crippen LogP contribution in [0.5, 0.6) is 0 Å². The van der Waals surface area contributed by atoms with Gasteiger partial charge in [0.05, 0.1) is 6.04 Å². The van der Waals surface area contributed by atoms with Crippen LogP contribution < -0.4 is 5.32 Å². The monoisotopic (exact) mass is 329 g/mol. The van der Waals surface area contributed by atoms with Crippen LogP contribution in [-0.2, 0) is 11.3 Å². The van der Waals surface area contributed by atoms with Crippen LogP contribution in [0.15, 0.2) is 30.3 Å². The summed E-state index contributed by atoms with van der Waals surface area (Å²) in [5.41, 5.74) is 1.52. The molecule has 1 unspecified atom stereocenters. The third-order valence-electron chi connectivity index (χ3n) is 5.78. The summed E-state index contributed by atoms with van der Waals surface area (Å²) in [5, 5.41) is 3.17. The summed E-state index contributed by atoms with van der Waals surface area (Å²) in [4.78, 5) is 17.7. The minimum atomic E-state index is 0.0528. The van der Waals surface area contributed by atoms with Gasteiger partial charge in [-0.05, 0) is 63.3 Å². The van der Waals surface area contributed by atoms with Crippen molar-refractivity contribution in [3.63, 3.8) is 0 Å². The Hall–Kier alpha value is -1.39. The Labute approximate surface area is 146 Å². The number of likely N-dealkylation sites (tertiary alicyclic amines) is 2. The zero-order chi connectivity index (χ0) is 17.0. The normalized spacial score (nSPS) is 24.3. The lowest BCUT2D eigenvalue weighted by Crippen LogP contribution is -2.43. The van der Waals surface area contributed by atoms with Crippen LogP contribution >= 0.6 is 0 Å². The molecular formula is C20H31N3O. The SMILES string of the molecule is CCCN1CC2(CCN(C)CC2)CC1C(=O)NCc1ccccc1. The third-order valence-corrected chi connectivity index (χ3v) is 5.78. The minimum Gasteiger partial charge on any atom is -0.351 e. The van der Waals surface area contributed by atoms with Gasteiger partial charge in [0.15, 0.2) is 0 Å². The molecule has 2 heterocycles. The Balaban J connectivity index is 1.62. The molecule has 24 heavy (non-hydrogen) atoms. The third kappa shape index (κ3) is 3.98. The topological polar surface area (TPSA) is 35.6 Å². The molecule has 1 aromatic rings. The highest BCUT2D eigenvalue weighted by Gasteiger charge is 2.47. The first-order chi connectivity index (χ1) is 11.6. The van der Waals surface area contributed by atoms with E-state index in [1.165, 1.54) is 18.4 Å².